The van der Waals surface area contributed by atoms with Gasteiger partial charge in [0.15, 0.2) is 0 Å². The predicted molar refractivity (Wildman–Crippen MR) is 132 cm³/mol. The minimum absolute atomic E-state index is 0.0982. The second kappa shape index (κ2) is 11.1. The molecule has 0 aliphatic rings. The van der Waals surface area contributed by atoms with Gasteiger partial charge in [-0.15, -0.1) is 0 Å². The van der Waals surface area contributed by atoms with E-state index in [1.165, 1.54) is 13.2 Å². The number of halogens is 3. The highest BCUT2D eigenvalue weighted by atomic mass is 35.5. The largest absolute Gasteiger partial charge is 0.497 e. The van der Waals surface area contributed by atoms with Crippen molar-refractivity contribution in [2.24, 2.45) is 0 Å². The van der Waals surface area contributed by atoms with Gasteiger partial charge in [0.1, 0.15) is 29.7 Å². The number of benzene rings is 3. The summed E-state index contributed by atoms with van der Waals surface area (Å²) in [7, 11) is 1.54. The number of anilines is 1. The minimum Gasteiger partial charge on any atom is -0.497 e. The van der Waals surface area contributed by atoms with E-state index in [-0.39, 0.29) is 12.2 Å². The van der Waals surface area contributed by atoms with Gasteiger partial charge in [0, 0.05) is 22.3 Å². The molecule has 1 amide bonds. The van der Waals surface area contributed by atoms with Crippen LogP contribution in [0.3, 0.4) is 0 Å². The number of ether oxygens (including phenoxy) is 2. The number of nitrogens with zero attached hydrogens (tertiary/aromatic N) is 1. The molecule has 0 aliphatic heterocycles. The average molecular weight is 502 g/mol. The lowest BCUT2D eigenvalue weighted by Gasteiger charge is -2.13. The maximum Gasteiger partial charge on any atom is 0.266 e. The van der Waals surface area contributed by atoms with Crippen LogP contribution in [0.5, 0.6) is 11.5 Å². The summed E-state index contributed by atoms with van der Waals surface area (Å²) in [6.07, 6.45) is 1.46. The third-order valence-electron chi connectivity index (χ3n) is 4.78. The molecule has 0 atom stereocenters. The minimum atomic E-state index is -0.561. The number of amides is 1. The molecule has 0 bridgehead atoms. The van der Waals surface area contributed by atoms with Crippen LogP contribution >= 0.6 is 34.8 Å². The van der Waals surface area contributed by atoms with Gasteiger partial charge in [-0.3, -0.25) is 4.79 Å². The number of nitriles is 1. The number of hydrogen-bond acceptors (Lipinski definition) is 4. The molecule has 0 saturated heterocycles. The van der Waals surface area contributed by atoms with Gasteiger partial charge >= 0.3 is 0 Å². The van der Waals surface area contributed by atoms with Crippen molar-refractivity contribution in [3.63, 3.8) is 0 Å². The first-order valence-electron chi connectivity index (χ1n) is 9.75. The summed E-state index contributed by atoms with van der Waals surface area (Å²) >= 11 is 18.2. The van der Waals surface area contributed by atoms with Gasteiger partial charge in [-0.1, -0.05) is 46.9 Å². The Kier molecular flexibility index (Phi) is 8.24. The Hall–Kier alpha value is -3.17. The van der Waals surface area contributed by atoms with E-state index in [1.807, 2.05) is 6.07 Å². The summed E-state index contributed by atoms with van der Waals surface area (Å²) in [5, 5.41) is 13.7. The molecule has 0 saturated carbocycles. The van der Waals surface area contributed by atoms with E-state index in [0.717, 1.165) is 5.56 Å². The van der Waals surface area contributed by atoms with E-state index < -0.39 is 5.91 Å². The van der Waals surface area contributed by atoms with Crippen molar-refractivity contribution in [2.45, 2.75) is 13.5 Å². The maximum atomic E-state index is 12.8. The van der Waals surface area contributed by atoms with Crippen LogP contribution in [0, 0.1) is 18.3 Å². The fraction of sp³-hybridized carbons (Fsp3) is 0.120. The molecule has 0 unspecified atom stereocenters. The molecule has 5 nitrogen and oxygen atoms in total. The SMILES string of the molecule is COc1ccc(/C=C(\C#N)C(=O)Nc2cccc(Cl)c2C)c(OCc2ccc(Cl)c(Cl)c2)c1. The van der Waals surface area contributed by atoms with Crippen LogP contribution in [0.4, 0.5) is 5.69 Å². The first-order valence-corrected chi connectivity index (χ1v) is 10.9. The van der Waals surface area contributed by atoms with Crippen molar-refractivity contribution in [1.29, 1.82) is 5.26 Å². The molecule has 0 spiro atoms. The smallest absolute Gasteiger partial charge is 0.266 e. The highest BCUT2D eigenvalue weighted by molar-refractivity contribution is 6.42. The first-order chi connectivity index (χ1) is 15.8. The second-order valence-corrected chi connectivity index (χ2v) is 8.20. The third-order valence-corrected chi connectivity index (χ3v) is 5.93. The van der Waals surface area contributed by atoms with E-state index >= 15 is 0 Å². The van der Waals surface area contributed by atoms with Crippen LogP contribution in [0.15, 0.2) is 60.2 Å². The Balaban J connectivity index is 1.88. The summed E-state index contributed by atoms with van der Waals surface area (Å²) in [6, 6.07) is 17.4. The molecular weight excluding hydrogens is 483 g/mol. The number of carbonyl (C=O) groups is 1. The molecule has 8 heteroatoms. The van der Waals surface area contributed by atoms with Crippen LogP contribution in [0.25, 0.3) is 6.08 Å². The quantitative estimate of drug-likeness (QED) is 0.277. The Morgan fingerprint density at radius 1 is 1.06 bits per heavy atom. The zero-order chi connectivity index (χ0) is 24.0. The molecule has 0 aromatic heterocycles. The standard InChI is InChI=1S/C25H19Cl3N2O3/c1-15-20(26)4-3-5-23(15)30-25(31)18(13-29)11-17-7-8-19(32-2)12-24(17)33-14-16-6-9-21(27)22(28)10-16/h3-12H,14H2,1-2H3,(H,30,31)/b18-11+. The van der Waals surface area contributed by atoms with Crippen molar-refractivity contribution >= 4 is 52.5 Å². The van der Waals surface area contributed by atoms with Crippen molar-refractivity contribution in [3.8, 4) is 17.6 Å². The van der Waals surface area contributed by atoms with Crippen LogP contribution < -0.4 is 14.8 Å². The van der Waals surface area contributed by atoms with Crippen LogP contribution in [0.2, 0.25) is 15.1 Å². The van der Waals surface area contributed by atoms with E-state index in [1.54, 1.807) is 61.5 Å². The molecule has 33 heavy (non-hydrogen) atoms. The molecule has 3 aromatic carbocycles. The fourth-order valence-electron chi connectivity index (χ4n) is 2.91. The fourth-order valence-corrected chi connectivity index (χ4v) is 3.41. The van der Waals surface area contributed by atoms with Gasteiger partial charge < -0.3 is 14.8 Å². The van der Waals surface area contributed by atoms with Gasteiger partial charge in [-0.2, -0.15) is 5.26 Å². The first kappa shape index (κ1) is 24.5. The van der Waals surface area contributed by atoms with E-state index in [2.05, 4.69) is 5.32 Å². The van der Waals surface area contributed by atoms with Gasteiger partial charge in [0.25, 0.3) is 5.91 Å². The Morgan fingerprint density at radius 3 is 2.55 bits per heavy atom. The third kappa shape index (κ3) is 6.21. The van der Waals surface area contributed by atoms with Crippen LogP contribution in [0.1, 0.15) is 16.7 Å². The molecule has 3 rings (SSSR count). The summed E-state index contributed by atoms with van der Waals surface area (Å²) in [6.45, 7) is 1.98. The lowest BCUT2D eigenvalue weighted by Crippen LogP contribution is -2.14. The number of rotatable bonds is 7. The lowest BCUT2D eigenvalue weighted by atomic mass is 10.1. The number of nitrogens with one attached hydrogen (secondary N) is 1. The Bertz CT molecular complexity index is 1270. The highest BCUT2D eigenvalue weighted by Crippen LogP contribution is 2.29. The number of methoxy groups -OCH3 is 1. The molecular formula is C25H19Cl3N2O3. The maximum absolute atomic E-state index is 12.8. The monoisotopic (exact) mass is 500 g/mol. The van der Waals surface area contributed by atoms with E-state index in [0.29, 0.717) is 43.4 Å². The average Bonchev–Trinajstić information content (AvgIpc) is 2.81. The summed E-state index contributed by atoms with van der Waals surface area (Å²) in [4.78, 5) is 12.8. The van der Waals surface area contributed by atoms with Crippen molar-refractivity contribution in [3.05, 3.63) is 91.9 Å². The van der Waals surface area contributed by atoms with E-state index in [9.17, 15) is 10.1 Å². The Morgan fingerprint density at radius 2 is 1.85 bits per heavy atom. The van der Waals surface area contributed by atoms with Crippen molar-refractivity contribution in [1.82, 2.24) is 0 Å². The summed E-state index contributed by atoms with van der Waals surface area (Å²) in [5.41, 5.74) is 2.47. The molecule has 0 radical (unpaired) electrons. The zero-order valence-corrected chi connectivity index (χ0v) is 20.1. The highest BCUT2D eigenvalue weighted by Gasteiger charge is 2.14. The molecule has 1 N–H and O–H groups in total. The predicted octanol–water partition coefficient (Wildman–Crippen LogP) is 7.09. The Labute approximate surface area is 207 Å². The molecule has 0 aliphatic carbocycles. The normalized spacial score (nSPS) is 11.0. The second-order valence-electron chi connectivity index (χ2n) is 6.98. The van der Waals surface area contributed by atoms with Crippen molar-refractivity contribution < 1.29 is 14.3 Å². The lowest BCUT2D eigenvalue weighted by molar-refractivity contribution is -0.112. The number of carbonyl (C=O) groups excluding carboxylic acids is 1. The van der Waals surface area contributed by atoms with Crippen molar-refractivity contribution in [2.75, 3.05) is 12.4 Å². The van der Waals surface area contributed by atoms with E-state index in [4.69, 9.17) is 44.3 Å². The number of hydrogen-bond donors (Lipinski definition) is 1. The topological polar surface area (TPSA) is 71.3 Å². The summed E-state index contributed by atoms with van der Waals surface area (Å²) < 4.78 is 11.2. The van der Waals surface area contributed by atoms with Gasteiger partial charge in [-0.05, 0) is 60.5 Å². The molecule has 0 fully saturated rings. The van der Waals surface area contributed by atoms with Crippen LogP contribution in [-0.4, -0.2) is 13.0 Å². The van der Waals surface area contributed by atoms with Gasteiger partial charge in [0.05, 0.1) is 17.2 Å². The van der Waals surface area contributed by atoms with Crippen LogP contribution in [-0.2, 0) is 11.4 Å². The molecule has 168 valence electrons. The zero-order valence-electron chi connectivity index (χ0n) is 17.8. The van der Waals surface area contributed by atoms with Gasteiger partial charge in [-0.25, -0.2) is 0 Å². The van der Waals surface area contributed by atoms with Gasteiger partial charge in [0.2, 0.25) is 0 Å². The molecule has 0 heterocycles. The molecule has 3 aromatic rings. The summed E-state index contributed by atoms with van der Waals surface area (Å²) in [5.74, 6) is 0.433.